The summed E-state index contributed by atoms with van der Waals surface area (Å²) >= 11 is 6.00. The summed E-state index contributed by atoms with van der Waals surface area (Å²) < 4.78 is 51.8. The Bertz CT molecular complexity index is 898. The van der Waals surface area contributed by atoms with Crippen molar-refractivity contribution in [2.45, 2.75) is 25.3 Å². The minimum atomic E-state index is -3.77. The first-order valence-corrected chi connectivity index (χ1v) is 9.45. The molecule has 0 saturated heterocycles. The van der Waals surface area contributed by atoms with Crippen LogP contribution in [-0.4, -0.2) is 41.5 Å². The number of rotatable bonds is 7. The molecular weight excluding hydrogens is 390 g/mol. The van der Waals surface area contributed by atoms with Crippen molar-refractivity contribution in [3.63, 3.8) is 0 Å². The molecule has 0 atom stereocenters. The van der Waals surface area contributed by atoms with Gasteiger partial charge in [0.1, 0.15) is 0 Å². The van der Waals surface area contributed by atoms with Gasteiger partial charge in [0.25, 0.3) is 5.91 Å². The zero-order valence-electron chi connectivity index (χ0n) is 14.0. The molecule has 0 saturated carbocycles. The minimum absolute atomic E-state index is 0.0299. The van der Waals surface area contributed by atoms with E-state index in [0.717, 1.165) is 18.5 Å². The minimum Gasteiger partial charge on any atom is -0.319 e. The summed E-state index contributed by atoms with van der Waals surface area (Å²) in [6.07, 6.45) is 2.00. The van der Waals surface area contributed by atoms with E-state index in [4.69, 9.17) is 11.6 Å². The number of alkyl halides is 2. The highest BCUT2D eigenvalue weighted by Crippen LogP contribution is 2.24. The maximum atomic E-state index is 12.6. The molecule has 7 nitrogen and oxygen atoms in total. The highest BCUT2D eigenvalue weighted by atomic mass is 35.5. The Morgan fingerprint density at radius 2 is 2.00 bits per heavy atom. The predicted molar refractivity (Wildman–Crippen MR) is 93.0 cm³/mol. The Morgan fingerprint density at radius 3 is 2.54 bits per heavy atom. The summed E-state index contributed by atoms with van der Waals surface area (Å²) in [5.74, 6) is -0.736. The topological polar surface area (TPSA) is 84.3 Å². The van der Waals surface area contributed by atoms with Crippen LogP contribution in [0.5, 0.6) is 0 Å². The first-order chi connectivity index (χ1) is 12.2. The van der Waals surface area contributed by atoms with E-state index in [2.05, 4.69) is 10.4 Å². The second-order valence-corrected chi connectivity index (χ2v) is 7.52. The van der Waals surface area contributed by atoms with E-state index < -0.39 is 22.5 Å². The number of nitrogens with zero attached hydrogens (tertiary/aromatic N) is 3. The predicted octanol–water partition coefficient (Wildman–Crippen LogP) is 3.21. The summed E-state index contributed by atoms with van der Waals surface area (Å²) in [4.78, 5) is 12.3. The van der Waals surface area contributed by atoms with Crippen molar-refractivity contribution in [3.05, 3.63) is 41.2 Å². The van der Waals surface area contributed by atoms with Gasteiger partial charge in [-0.25, -0.2) is 13.1 Å². The van der Waals surface area contributed by atoms with Crippen molar-refractivity contribution >= 4 is 33.2 Å². The van der Waals surface area contributed by atoms with Crippen LogP contribution in [0.15, 0.2) is 35.5 Å². The monoisotopic (exact) mass is 406 g/mol. The van der Waals surface area contributed by atoms with Crippen LogP contribution in [0.3, 0.4) is 0 Å². The fourth-order valence-electron chi connectivity index (χ4n) is 2.26. The molecule has 11 heteroatoms. The molecule has 142 valence electrons. The van der Waals surface area contributed by atoms with E-state index in [9.17, 15) is 22.0 Å². The van der Waals surface area contributed by atoms with Gasteiger partial charge in [-0.05, 0) is 18.2 Å². The number of amides is 1. The van der Waals surface area contributed by atoms with Gasteiger partial charge in [-0.2, -0.15) is 18.2 Å². The molecule has 2 aromatic rings. The molecule has 1 aromatic carbocycles. The van der Waals surface area contributed by atoms with Crippen LogP contribution < -0.4 is 5.32 Å². The second kappa shape index (κ2) is 8.11. The summed E-state index contributed by atoms with van der Waals surface area (Å²) in [5.41, 5.74) is -0.0620. The third-order valence-corrected chi connectivity index (χ3v) is 5.96. The molecule has 2 rings (SSSR count). The number of halogens is 3. The molecule has 1 amide bonds. The van der Waals surface area contributed by atoms with Crippen LogP contribution in [0.2, 0.25) is 5.02 Å². The van der Waals surface area contributed by atoms with E-state index in [1.54, 1.807) is 13.8 Å². The number of sulfonamides is 1. The van der Waals surface area contributed by atoms with Crippen LogP contribution in [0.1, 0.15) is 30.8 Å². The number of hydrogen-bond acceptors (Lipinski definition) is 4. The molecule has 0 spiro atoms. The SMILES string of the molecule is CCN(CC)S(=O)(=O)c1ccc(Cl)c(C(=O)Nc2cnn(C(F)F)c2)c1. The van der Waals surface area contributed by atoms with Crippen LogP contribution in [0.4, 0.5) is 14.5 Å². The van der Waals surface area contributed by atoms with E-state index >= 15 is 0 Å². The lowest BCUT2D eigenvalue weighted by Crippen LogP contribution is -2.30. The molecule has 0 fully saturated rings. The van der Waals surface area contributed by atoms with Crippen LogP contribution in [-0.2, 0) is 10.0 Å². The third-order valence-electron chi connectivity index (χ3n) is 3.58. The fraction of sp³-hybridized carbons (Fsp3) is 0.333. The van der Waals surface area contributed by atoms with Gasteiger partial charge >= 0.3 is 6.55 Å². The van der Waals surface area contributed by atoms with Crippen molar-refractivity contribution in [3.8, 4) is 0 Å². The summed E-state index contributed by atoms with van der Waals surface area (Å²) in [7, 11) is -3.77. The molecule has 1 N–H and O–H groups in total. The number of carbonyl (C=O) groups is 1. The zero-order valence-corrected chi connectivity index (χ0v) is 15.6. The number of aromatic nitrogens is 2. The number of nitrogens with one attached hydrogen (secondary N) is 1. The molecule has 0 unspecified atom stereocenters. The highest BCUT2D eigenvalue weighted by Gasteiger charge is 2.24. The van der Waals surface area contributed by atoms with Gasteiger partial charge in [0.2, 0.25) is 10.0 Å². The van der Waals surface area contributed by atoms with Crippen LogP contribution >= 0.6 is 11.6 Å². The zero-order chi connectivity index (χ0) is 19.5. The molecule has 1 aromatic heterocycles. The first kappa shape index (κ1) is 20.3. The Labute approximate surface area is 154 Å². The highest BCUT2D eigenvalue weighted by molar-refractivity contribution is 7.89. The summed E-state index contributed by atoms with van der Waals surface area (Å²) in [6, 6.07) is 3.76. The lowest BCUT2D eigenvalue weighted by atomic mass is 10.2. The van der Waals surface area contributed by atoms with Crippen molar-refractivity contribution in [2.75, 3.05) is 18.4 Å². The molecule has 0 aliphatic carbocycles. The Balaban J connectivity index is 2.32. The number of benzene rings is 1. The van der Waals surface area contributed by atoms with Crippen molar-refractivity contribution in [1.29, 1.82) is 0 Å². The quantitative estimate of drug-likeness (QED) is 0.765. The van der Waals surface area contributed by atoms with Crippen molar-refractivity contribution in [1.82, 2.24) is 14.1 Å². The Hall–Kier alpha value is -2.04. The second-order valence-electron chi connectivity index (χ2n) is 5.17. The maximum absolute atomic E-state index is 12.6. The van der Waals surface area contributed by atoms with Gasteiger partial charge in [-0.15, -0.1) is 0 Å². The lowest BCUT2D eigenvalue weighted by Gasteiger charge is -2.19. The Morgan fingerprint density at radius 1 is 1.35 bits per heavy atom. The molecule has 26 heavy (non-hydrogen) atoms. The van der Waals surface area contributed by atoms with Gasteiger partial charge in [-0.3, -0.25) is 4.79 Å². The van der Waals surface area contributed by atoms with Crippen LogP contribution in [0.25, 0.3) is 0 Å². The first-order valence-electron chi connectivity index (χ1n) is 7.64. The number of hydrogen-bond donors (Lipinski definition) is 1. The molecule has 0 aliphatic rings. The van der Waals surface area contributed by atoms with Gasteiger partial charge in [-0.1, -0.05) is 25.4 Å². The normalized spacial score (nSPS) is 12.0. The lowest BCUT2D eigenvalue weighted by molar-refractivity contribution is 0.0566. The largest absolute Gasteiger partial charge is 0.333 e. The molecule has 0 aliphatic heterocycles. The maximum Gasteiger partial charge on any atom is 0.333 e. The molecule has 0 radical (unpaired) electrons. The molecular formula is C15H17ClF2N4O3S. The van der Waals surface area contributed by atoms with Gasteiger partial charge in [0, 0.05) is 13.1 Å². The van der Waals surface area contributed by atoms with Crippen molar-refractivity contribution < 1.29 is 22.0 Å². The average Bonchev–Trinajstić information content (AvgIpc) is 3.04. The fourth-order valence-corrected chi connectivity index (χ4v) is 3.95. The summed E-state index contributed by atoms with van der Waals surface area (Å²) in [6.45, 7) is 1.11. The van der Waals surface area contributed by atoms with E-state index in [1.165, 1.54) is 16.4 Å². The van der Waals surface area contributed by atoms with E-state index in [0.29, 0.717) is 4.68 Å². The van der Waals surface area contributed by atoms with Crippen molar-refractivity contribution in [2.24, 2.45) is 0 Å². The van der Waals surface area contributed by atoms with Gasteiger partial charge in [0.15, 0.2) is 0 Å². The number of carbonyl (C=O) groups excluding carboxylic acids is 1. The van der Waals surface area contributed by atoms with Gasteiger partial charge < -0.3 is 5.32 Å². The van der Waals surface area contributed by atoms with Crippen LogP contribution in [0, 0.1) is 0 Å². The van der Waals surface area contributed by atoms with E-state index in [1.807, 2.05) is 0 Å². The summed E-state index contributed by atoms with van der Waals surface area (Å²) in [5, 5.41) is 5.79. The third kappa shape index (κ3) is 4.19. The standard InChI is InChI=1S/C15H17ClF2N4O3S/c1-3-21(4-2)26(24,25)11-5-6-13(16)12(7-11)14(23)20-10-8-19-22(9-10)15(17)18/h5-9,15H,3-4H2,1-2H3,(H,20,23). The smallest absolute Gasteiger partial charge is 0.319 e. The van der Waals surface area contributed by atoms with Gasteiger partial charge in [0.05, 0.1) is 33.6 Å². The van der Waals surface area contributed by atoms with E-state index in [-0.39, 0.29) is 34.3 Å². The molecule has 1 heterocycles. The number of anilines is 1. The average molecular weight is 407 g/mol. The molecule has 0 bridgehead atoms. The Kier molecular flexibility index (Phi) is 6.32.